The Labute approximate surface area is 161 Å². The van der Waals surface area contributed by atoms with Crippen molar-refractivity contribution in [2.45, 2.75) is 25.4 Å². The molecule has 0 radical (unpaired) electrons. The second-order valence-corrected chi connectivity index (χ2v) is 7.71. The highest BCUT2D eigenvalue weighted by molar-refractivity contribution is 6.32. The number of halogens is 3. The topological polar surface area (TPSA) is 55.6 Å². The van der Waals surface area contributed by atoms with Gasteiger partial charge in [0.05, 0.1) is 18.1 Å². The molecule has 0 aliphatic carbocycles. The van der Waals surface area contributed by atoms with Crippen LogP contribution in [-0.2, 0) is 0 Å². The van der Waals surface area contributed by atoms with E-state index in [0.717, 1.165) is 16.0 Å². The molecule has 4 nitrogen and oxygen atoms in total. The minimum atomic E-state index is -2.77. The molecule has 0 bridgehead atoms. The van der Waals surface area contributed by atoms with Gasteiger partial charge in [0.25, 0.3) is 11.8 Å². The summed E-state index contributed by atoms with van der Waals surface area (Å²) < 4.78 is 31.7. The summed E-state index contributed by atoms with van der Waals surface area (Å²) >= 11 is 6.32. The van der Waals surface area contributed by atoms with Crippen LogP contribution in [0.25, 0.3) is 11.1 Å². The van der Waals surface area contributed by atoms with E-state index in [2.05, 4.69) is 0 Å². The Hall–Kier alpha value is -2.18. The highest BCUT2D eigenvalue weighted by Crippen LogP contribution is 2.33. The SMILES string of the molecule is CC(C)(CN)Oc1ccc(-c2ccc(C(=O)N3CC(F)(F)C3)cc2)cc1Cl. The lowest BCUT2D eigenvalue weighted by atomic mass is 10.0. The van der Waals surface area contributed by atoms with Gasteiger partial charge in [-0.05, 0) is 49.2 Å². The number of likely N-dealkylation sites (tertiary alicyclic amines) is 1. The summed E-state index contributed by atoms with van der Waals surface area (Å²) in [7, 11) is 0. The molecule has 2 aromatic rings. The largest absolute Gasteiger partial charge is 0.485 e. The molecule has 1 heterocycles. The molecule has 3 rings (SSSR count). The average Bonchev–Trinajstić information content (AvgIpc) is 2.61. The minimum absolute atomic E-state index is 0.351. The molecule has 0 aromatic heterocycles. The van der Waals surface area contributed by atoms with E-state index < -0.39 is 30.5 Å². The fourth-order valence-electron chi connectivity index (χ4n) is 2.75. The third kappa shape index (κ3) is 4.39. The fraction of sp³-hybridized carbons (Fsp3) is 0.350. The quantitative estimate of drug-likeness (QED) is 0.826. The molecule has 1 saturated heterocycles. The number of rotatable bonds is 5. The van der Waals surface area contributed by atoms with Gasteiger partial charge in [-0.2, -0.15) is 0 Å². The predicted octanol–water partition coefficient (Wildman–Crippen LogP) is 4.21. The summed E-state index contributed by atoms with van der Waals surface area (Å²) in [5, 5.41) is 0.456. The number of carbonyl (C=O) groups is 1. The normalized spacial score (nSPS) is 16.0. The zero-order chi connectivity index (χ0) is 19.8. The summed E-state index contributed by atoms with van der Waals surface area (Å²) in [4.78, 5) is 13.3. The van der Waals surface area contributed by atoms with Crippen molar-refractivity contribution in [3.05, 3.63) is 53.1 Å². The van der Waals surface area contributed by atoms with Gasteiger partial charge in [-0.15, -0.1) is 0 Å². The third-order valence-corrected chi connectivity index (χ3v) is 4.70. The predicted molar refractivity (Wildman–Crippen MR) is 101 cm³/mol. The Balaban J connectivity index is 1.74. The van der Waals surface area contributed by atoms with E-state index in [1.807, 2.05) is 19.9 Å². The molecule has 0 saturated carbocycles. The minimum Gasteiger partial charge on any atom is -0.485 e. The first-order valence-electron chi connectivity index (χ1n) is 8.56. The Morgan fingerprint density at radius 1 is 1.19 bits per heavy atom. The number of alkyl halides is 2. The molecule has 1 fully saturated rings. The van der Waals surface area contributed by atoms with E-state index in [4.69, 9.17) is 22.1 Å². The maximum atomic E-state index is 12.9. The van der Waals surface area contributed by atoms with Gasteiger partial charge in [-0.1, -0.05) is 29.8 Å². The van der Waals surface area contributed by atoms with Crippen LogP contribution >= 0.6 is 11.6 Å². The van der Waals surface area contributed by atoms with Crippen molar-refractivity contribution in [3.63, 3.8) is 0 Å². The molecular weight excluding hydrogens is 374 g/mol. The number of carbonyl (C=O) groups excluding carboxylic acids is 1. The average molecular weight is 395 g/mol. The van der Waals surface area contributed by atoms with E-state index in [1.165, 1.54) is 0 Å². The van der Waals surface area contributed by atoms with Gasteiger partial charge in [0.15, 0.2) is 0 Å². The maximum absolute atomic E-state index is 12.9. The van der Waals surface area contributed by atoms with Gasteiger partial charge in [0.2, 0.25) is 0 Å². The van der Waals surface area contributed by atoms with Gasteiger partial charge in [-0.25, -0.2) is 8.78 Å². The lowest BCUT2D eigenvalue weighted by Gasteiger charge is -2.38. The second-order valence-electron chi connectivity index (χ2n) is 7.31. The smallest absolute Gasteiger partial charge is 0.282 e. The Morgan fingerprint density at radius 3 is 2.30 bits per heavy atom. The van der Waals surface area contributed by atoms with E-state index in [0.29, 0.717) is 22.9 Å². The van der Waals surface area contributed by atoms with Crippen LogP contribution in [0.4, 0.5) is 8.78 Å². The maximum Gasteiger partial charge on any atom is 0.282 e. The van der Waals surface area contributed by atoms with Crippen LogP contribution < -0.4 is 10.5 Å². The van der Waals surface area contributed by atoms with Crippen LogP contribution in [0.3, 0.4) is 0 Å². The van der Waals surface area contributed by atoms with Crippen LogP contribution in [0.15, 0.2) is 42.5 Å². The van der Waals surface area contributed by atoms with Crippen molar-refractivity contribution in [2.75, 3.05) is 19.6 Å². The molecule has 144 valence electrons. The second kappa shape index (κ2) is 7.09. The number of ether oxygens (including phenoxy) is 1. The molecule has 0 atom stereocenters. The molecule has 27 heavy (non-hydrogen) atoms. The highest BCUT2D eigenvalue weighted by atomic mass is 35.5. The zero-order valence-electron chi connectivity index (χ0n) is 15.1. The van der Waals surface area contributed by atoms with E-state index in [9.17, 15) is 13.6 Å². The summed E-state index contributed by atoms with van der Waals surface area (Å²) in [6.07, 6.45) is 0. The monoisotopic (exact) mass is 394 g/mol. The summed E-state index contributed by atoms with van der Waals surface area (Å²) in [5.74, 6) is -2.62. The summed E-state index contributed by atoms with van der Waals surface area (Å²) in [6, 6.07) is 12.2. The molecule has 0 spiro atoms. The first-order chi connectivity index (χ1) is 12.6. The summed E-state index contributed by atoms with van der Waals surface area (Å²) in [6.45, 7) is 3.05. The first-order valence-corrected chi connectivity index (χ1v) is 8.94. The van der Waals surface area contributed by atoms with Crippen molar-refractivity contribution in [1.82, 2.24) is 4.90 Å². The van der Waals surface area contributed by atoms with E-state index in [1.54, 1.807) is 36.4 Å². The Morgan fingerprint density at radius 2 is 1.78 bits per heavy atom. The number of hydrogen-bond donors (Lipinski definition) is 1. The van der Waals surface area contributed by atoms with Crippen molar-refractivity contribution in [3.8, 4) is 16.9 Å². The lowest BCUT2D eigenvalue weighted by Crippen LogP contribution is -2.58. The zero-order valence-corrected chi connectivity index (χ0v) is 15.9. The van der Waals surface area contributed by atoms with Gasteiger partial charge < -0.3 is 15.4 Å². The number of benzene rings is 2. The molecule has 1 amide bonds. The molecule has 0 unspecified atom stereocenters. The Kier molecular flexibility index (Phi) is 5.14. The number of amides is 1. The van der Waals surface area contributed by atoms with Crippen LogP contribution in [0.2, 0.25) is 5.02 Å². The van der Waals surface area contributed by atoms with Crippen molar-refractivity contribution < 1.29 is 18.3 Å². The van der Waals surface area contributed by atoms with Crippen LogP contribution in [0.5, 0.6) is 5.75 Å². The molecule has 1 aliphatic heterocycles. The van der Waals surface area contributed by atoms with E-state index in [-0.39, 0.29) is 0 Å². The van der Waals surface area contributed by atoms with Gasteiger partial charge in [0.1, 0.15) is 11.4 Å². The van der Waals surface area contributed by atoms with Gasteiger partial charge >= 0.3 is 0 Å². The van der Waals surface area contributed by atoms with Gasteiger partial charge in [-0.3, -0.25) is 4.79 Å². The molecule has 1 aliphatic rings. The van der Waals surface area contributed by atoms with Crippen molar-refractivity contribution in [2.24, 2.45) is 5.73 Å². The Bertz CT molecular complexity index is 846. The standard InChI is InChI=1S/C20H21ClF2N2O2/c1-19(2,10-24)27-17-8-7-15(9-16(17)21)13-3-5-14(6-4-13)18(26)25-11-20(22,23)12-25/h3-9H,10-12,24H2,1-2H3. The first kappa shape index (κ1) is 19.6. The summed E-state index contributed by atoms with van der Waals surface area (Å²) in [5.41, 5.74) is 7.23. The molecular formula is C20H21ClF2N2O2. The van der Waals surface area contributed by atoms with Crippen LogP contribution in [0.1, 0.15) is 24.2 Å². The van der Waals surface area contributed by atoms with Gasteiger partial charge in [0, 0.05) is 12.1 Å². The fourth-order valence-corrected chi connectivity index (χ4v) is 2.97. The highest BCUT2D eigenvalue weighted by Gasteiger charge is 2.46. The van der Waals surface area contributed by atoms with Crippen LogP contribution in [-0.4, -0.2) is 42.0 Å². The molecule has 2 aromatic carbocycles. The lowest BCUT2D eigenvalue weighted by molar-refractivity contribution is -0.113. The number of nitrogens with zero attached hydrogens (tertiary/aromatic N) is 1. The van der Waals surface area contributed by atoms with Crippen LogP contribution in [0, 0.1) is 0 Å². The van der Waals surface area contributed by atoms with Crippen molar-refractivity contribution in [1.29, 1.82) is 0 Å². The third-order valence-electron chi connectivity index (χ3n) is 4.41. The van der Waals surface area contributed by atoms with E-state index >= 15 is 0 Å². The number of hydrogen-bond acceptors (Lipinski definition) is 3. The number of nitrogens with two attached hydrogens (primary N) is 1. The van der Waals surface area contributed by atoms with Crippen molar-refractivity contribution >= 4 is 17.5 Å². The molecule has 2 N–H and O–H groups in total. The molecule has 7 heteroatoms.